The number of hydrogen-bond acceptors (Lipinski definition) is 9. The number of fused-ring (bicyclic) bond motifs is 4. The van der Waals surface area contributed by atoms with E-state index in [1.807, 2.05) is 6.07 Å². The summed E-state index contributed by atoms with van der Waals surface area (Å²) in [6, 6.07) is 8.57. The lowest BCUT2D eigenvalue weighted by Gasteiger charge is -2.59. The van der Waals surface area contributed by atoms with Crippen molar-refractivity contribution in [3.8, 4) is 28.4 Å². The smallest absolute Gasteiger partial charge is 0.231 e. The van der Waals surface area contributed by atoms with Gasteiger partial charge in [-0.25, -0.2) is 0 Å². The highest BCUT2D eigenvalue weighted by molar-refractivity contribution is 6.24. The second kappa shape index (κ2) is 8.45. The Morgan fingerprint density at radius 2 is 1.71 bits per heavy atom. The predicted octanol–water partition coefficient (Wildman–Crippen LogP) is 4.59. The van der Waals surface area contributed by atoms with Crippen LogP contribution in [-0.4, -0.2) is 50.2 Å². The number of carbonyl (C=O) groups is 3. The van der Waals surface area contributed by atoms with Crippen LogP contribution in [0.4, 0.5) is 0 Å². The fraction of sp³-hybridized carbons (Fsp3) is 0.406. The van der Waals surface area contributed by atoms with E-state index in [1.54, 1.807) is 45.9 Å². The number of aromatic hydroxyl groups is 1. The third kappa shape index (κ3) is 3.29. The molecule has 1 fully saturated rings. The second-order valence-electron chi connectivity index (χ2n) is 12.5. The summed E-state index contributed by atoms with van der Waals surface area (Å²) < 4.78 is 11.0. The van der Waals surface area contributed by atoms with Crippen molar-refractivity contribution < 1.29 is 44.3 Å². The Hall–Kier alpha value is -4.11. The zero-order chi connectivity index (χ0) is 29.8. The van der Waals surface area contributed by atoms with Crippen LogP contribution in [0.15, 0.2) is 47.2 Å². The summed E-state index contributed by atoms with van der Waals surface area (Å²) >= 11 is 0. The SMILES string of the molecule is CC(=O)C1=C(O)[C@]2(O)C(=O)C3=C(O)c4c(O)ccc(-c5ccc6c(c5)OCO6)c4C[C@]3(C)C[C@]2(C)C(C(C)C)C1=O. The van der Waals surface area contributed by atoms with Crippen LogP contribution in [0.3, 0.4) is 0 Å². The third-order valence-corrected chi connectivity index (χ3v) is 9.57. The number of hydrogen-bond donors (Lipinski definition) is 4. The molecule has 2 aromatic rings. The number of allylic oxidation sites excluding steroid dienone is 1. The van der Waals surface area contributed by atoms with Gasteiger partial charge in [0.2, 0.25) is 12.6 Å². The van der Waals surface area contributed by atoms with Crippen molar-refractivity contribution in [3.63, 3.8) is 0 Å². The Labute approximate surface area is 236 Å². The first-order chi connectivity index (χ1) is 19.2. The van der Waals surface area contributed by atoms with Crippen molar-refractivity contribution >= 4 is 23.1 Å². The van der Waals surface area contributed by atoms with E-state index in [1.165, 1.54) is 6.07 Å². The molecule has 1 aliphatic heterocycles. The lowest BCUT2D eigenvalue weighted by atomic mass is 9.43. The largest absolute Gasteiger partial charge is 0.508 e. The number of phenolic OH excluding ortho intramolecular Hbond substituents is 1. The normalized spacial score (nSPS) is 30.4. The van der Waals surface area contributed by atoms with Gasteiger partial charge in [-0.15, -0.1) is 0 Å². The maximum atomic E-state index is 14.4. The summed E-state index contributed by atoms with van der Waals surface area (Å²) in [6.07, 6.45) is 0.210. The first kappa shape index (κ1) is 27.1. The summed E-state index contributed by atoms with van der Waals surface area (Å²) in [4.78, 5) is 40.6. The van der Waals surface area contributed by atoms with Gasteiger partial charge >= 0.3 is 0 Å². The van der Waals surface area contributed by atoms with E-state index in [-0.39, 0.29) is 42.4 Å². The number of aliphatic hydroxyl groups is 3. The highest BCUT2D eigenvalue weighted by atomic mass is 16.7. The molecule has 3 aliphatic carbocycles. The monoisotopic (exact) mass is 560 g/mol. The summed E-state index contributed by atoms with van der Waals surface area (Å²) in [5.41, 5.74) is -3.92. The Morgan fingerprint density at radius 1 is 1.02 bits per heavy atom. The Bertz CT molecular complexity index is 1650. The van der Waals surface area contributed by atoms with Gasteiger partial charge in [0, 0.05) is 22.3 Å². The minimum atomic E-state index is -2.64. The fourth-order valence-corrected chi connectivity index (χ4v) is 8.05. The summed E-state index contributed by atoms with van der Waals surface area (Å²) in [5, 5.41) is 46.0. The van der Waals surface area contributed by atoms with E-state index < -0.39 is 56.8 Å². The van der Waals surface area contributed by atoms with Crippen molar-refractivity contribution in [2.24, 2.45) is 22.7 Å². The molecule has 0 amide bonds. The maximum absolute atomic E-state index is 14.4. The number of ether oxygens (including phenoxy) is 2. The maximum Gasteiger partial charge on any atom is 0.231 e. The van der Waals surface area contributed by atoms with Gasteiger partial charge in [0.1, 0.15) is 22.8 Å². The molecule has 9 nitrogen and oxygen atoms in total. The molecule has 0 aromatic heterocycles. The summed E-state index contributed by atoms with van der Waals surface area (Å²) in [6.45, 7) is 8.13. The molecule has 1 heterocycles. The molecule has 1 saturated carbocycles. The Balaban J connectivity index is 1.61. The van der Waals surface area contributed by atoms with E-state index in [9.17, 15) is 34.8 Å². The van der Waals surface area contributed by atoms with Crippen LogP contribution in [0.25, 0.3) is 16.9 Å². The molecule has 41 heavy (non-hydrogen) atoms. The van der Waals surface area contributed by atoms with Gasteiger partial charge in [-0.1, -0.05) is 39.8 Å². The first-order valence-electron chi connectivity index (χ1n) is 13.6. The van der Waals surface area contributed by atoms with Gasteiger partial charge < -0.3 is 29.9 Å². The second-order valence-corrected chi connectivity index (χ2v) is 12.5. The van der Waals surface area contributed by atoms with Crippen LogP contribution in [0.5, 0.6) is 17.2 Å². The van der Waals surface area contributed by atoms with E-state index in [2.05, 4.69) is 0 Å². The third-order valence-electron chi connectivity index (χ3n) is 9.57. The van der Waals surface area contributed by atoms with Crippen LogP contribution in [0.2, 0.25) is 0 Å². The zero-order valence-electron chi connectivity index (χ0n) is 23.5. The van der Waals surface area contributed by atoms with Crippen molar-refractivity contribution in [1.82, 2.24) is 0 Å². The molecular formula is C32H32O9. The van der Waals surface area contributed by atoms with Gasteiger partial charge in [-0.05, 0) is 60.6 Å². The average Bonchev–Trinajstić information content (AvgIpc) is 3.34. The number of benzene rings is 2. The van der Waals surface area contributed by atoms with Crippen molar-refractivity contribution in [2.45, 2.75) is 53.1 Å². The molecule has 214 valence electrons. The van der Waals surface area contributed by atoms with Crippen molar-refractivity contribution in [3.05, 3.63) is 58.4 Å². The van der Waals surface area contributed by atoms with E-state index >= 15 is 0 Å². The highest BCUT2D eigenvalue weighted by Crippen LogP contribution is 2.65. The fourth-order valence-electron chi connectivity index (χ4n) is 8.05. The molecule has 2 aromatic carbocycles. The van der Waals surface area contributed by atoms with Crippen molar-refractivity contribution in [2.75, 3.05) is 6.79 Å². The quantitative estimate of drug-likeness (QED) is 0.395. The average molecular weight is 561 g/mol. The number of carbonyl (C=O) groups excluding carboxylic acids is 3. The first-order valence-corrected chi connectivity index (χ1v) is 13.6. The number of Topliss-reactive ketones (excluding diaryl/α,β-unsaturated/α-hetero) is 3. The van der Waals surface area contributed by atoms with E-state index in [0.29, 0.717) is 22.6 Å². The highest BCUT2D eigenvalue weighted by Gasteiger charge is 2.72. The van der Waals surface area contributed by atoms with E-state index in [4.69, 9.17) is 9.47 Å². The zero-order valence-corrected chi connectivity index (χ0v) is 23.5. The number of phenols is 1. The molecule has 6 rings (SSSR count). The van der Waals surface area contributed by atoms with Gasteiger partial charge in [0.05, 0.1) is 5.56 Å². The molecule has 0 radical (unpaired) electrons. The minimum absolute atomic E-state index is 0.0289. The van der Waals surface area contributed by atoms with Crippen LogP contribution in [0.1, 0.15) is 52.2 Å². The van der Waals surface area contributed by atoms with Crippen LogP contribution >= 0.6 is 0 Å². The molecule has 4 aliphatic rings. The van der Waals surface area contributed by atoms with Gasteiger partial charge in [0.25, 0.3) is 0 Å². The van der Waals surface area contributed by atoms with Crippen molar-refractivity contribution in [1.29, 1.82) is 0 Å². The van der Waals surface area contributed by atoms with Gasteiger partial charge in [-0.2, -0.15) is 0 Å². The molecule has 9 heteroatoms. The molecule has 4 N–H and O–H groups in total. The van der Waals surface area contributed by atoms with E-state index in [0.717, 1.165) is 12.5 Å². The topological polar surface area (TPSA) is 151 Å². The number of rotatable bonds is 3. The summed E-state index contributed by atoms with van der Waals surface area (Å²) in [5.74, 6) is -4.30. The summed E-state index contributed by atoms with van der Waals surface area (Å²) in [7, 11) is 0. The van der Waals surface area contributed by atoms with Gasteiger partial charge in [-0.3, -0.25) is 14.4 Å². The van der Waals surface area contributed by atoms with Crippen LogP contribution < -0.4 is 9.47 Å². The molecular weight excluding hydrogens is 528 g/mol. The number of aliphatic hydroxyl groups excluding tert-OH is 2. The molecule has 0 spiro atoms. The Morgan fingerprint density at radius 3 is 2.37 bits per heavy atom. The van der Waals surface area contributed by atoms with Crippen LogP contribution in [-0.2, 0) is 20.8 Å². The van der Waals surface area contributed by atoms with Gasteiger partial charge in [0.15, 0.2) is 28.7 Å². The predicted molar refractivity (Wildman–Crippen MR) is 147 cm³/mol. The van der Waals surface area contributed by atoms with Crippen LogP contribution in [0, 0.1) is 22.7 Å². The molecule has 0 saturated heterocycles. The Kier molecular flexibility index (Phi) is 5.58. The minimum Gasteiger partial charge on any atom is -0.508 e. The lowest BCUT2D eigenvalue weighted by molar-refractivity contribution is -0.178. The number of ketones is 3. The molecule has 1 unspecified atom stereocenters. The lowest BCUT2D eigenvalue weighted by Crippen LogP contribution is -2.69. The standard InChI is InChI=1S/C32H32O9/c1-14(2)24-26(35)22(15(3)33)28(37)32(39)29(38)25-27(36)23-18(11-30(25,4)12-31(24,32)5)17(7-8-19(23)34)16-6-9-20-21(10-16)41-13-40-20/h6-10,14,24,34,36-37,39H,11-13H2,1-5H3/t24?,30-,31-,32+/m1/s1. The molecule has 0 bridgehead atoms. The molecule has 4 atom stereocenters.